The maximum Gasteiger partial charge on any atom is 0.303 e. The van der Waals surface area contributed by atoms with Crippen LogP contribution in [0, 0.1) is 0 Å². The highest BCUT2D eigenvalue weighted by atomic mass is 16.4. The van der Waals surface area contributed by atoms with Crippen LogP contribution in [0.25, 0.3) is 0 Å². The summed E-state index contributed by atoms with van der Waals surface area (Å²) < 4.78 is 0. The number of carbonyl (C=O) groups excluding carboxylic acids is 2. The van der Waals surface area contributed by atoms with E-state index < -0.39 is 5.97 Å². The van der Waals surface area contributed by atoms with Gasteiger partial charge >= 0.3 is 5.97 Å². The summed E-state index contributed by atoms with van der Waals surface area (Å²) in [6, 6.07) is 6.89. The van der Waals surface area contributed by atoms with Crippen molar-refractivity contribution in [3.8, 4) is 0 Å². The number of rotatable bonds is 6. The average Bonchev–Trinajstić information content (AvgIpc) is 2.26. The van der Waals surface area contributed by atoms with Crippen molar-refractivity contribution in [2.75, 3.05) is 5.32 Å². The zero-order chi connectivity index (χ0) is 13.5. The van der Waals surface area contributed by atoms with Crippen LogP contribution in [0.4, 0.5) is 5.69 Å². The maximum absolute atomic E-state index is 11.3. The fourth-order valence-corrected chi connectivity index (χ4v) is 1.44. The molecule has 0 bridgehead atoms. The van der Waals surface area contributed by atoms with E-state index in [-0.39, 0.29) is 24.5 Å². The third-order valence-corrected chi connectivity index (χ3v) is 2.27. The third-order valence-electron chi connectivity index (χ3n) is 2.27. The second kappa shape index (κ2) is 6.54. The van der Waals surface area contributed by atoms with E-state index in [1.807, 2.05) is 0 Å². The fraction of sp³-hybridized carbons (Fsp3) is 0.308. The Hall–Kier alpha value is -2.17. The van der Waals surface area contributed by atoms with Gasteiger partial charge < -0.3 is 10.4 Å². The van der Waals surface area contributed by atoms with Crippen LogP contribution in [-0.2, 0) is 20.8 Å². The summed E-state index contributed by atoms with van der Waals surface area (Å²) >= 11 is 0. The monoisotopic (exact) mass is 249 g/mol. The Balaban J connectivity index is 2.52. The van der Waals surface area contributed by atoms with Crippen LogP contribution >= 0.6 is 0 Å². The largest absolute Gasteiger partial charge is 0.481 e. The number of carboxylic acid groups (broad SMARTS) is 1. The van der Waals surface area contributed by atoms with Gasteiger partial charge in [-0.15, -0.1) is 0 Å². The molecule has 1 aromatic rings. The number of carboxylic acids is 1. The molecule has 18 heavy (non-hydrogen) atoms. The molecule has 0 saturated carbocycles. The number of aliphatic carboxylic acids is 1. The molecular formula is C13H15NO4. The second-order valence-electron chi connectivity index (χ2n) is 4.02. The normalized spacial score (nSPS) is 9.83. The van der Waals surface area contributed by atoms with Crippen LogP contribution in [0.3, 0.4) is 0 Å². The Morgan fingerprint density at radius 1 is 1.17 bits per heavy atom. The molecule has 96 valence electrons. The zero-order valence-electron chi connectivity index (χ0n) is 10.1. The van der Waals surface area contributed by atoms with Crippen molar-refractivity contribution in [1.82, 2.24) is 0 Å². The van der Waals surface area contributed by atoms with Crippen molar-refractivity contribution < 1.29 is 19.5 Å². The standard InChI is InChI=1S/C13H15NO4/c1-9(15)8-12(16)14-11-5-2-10(3-6-11)4-7-13(17)18/h2-3,5-6H,4,7-8H2,1H3,(H,14,16)(H,17,18). The molecule has 0 aliphatic rings. The number of aryl methyl sites for hydroxylation is 1. The van der Waals surface area contributed by atoms with Gasteiger partial charge in [-0.3, -0.25) is 14.4 Å². The van der Waals surface area contributed by atoms with Crippen molar-refractivity contribution in [1.29, 1.82) is 0 Å². The molecule has 1 amide bonds. The van der Waals surface area contributed by atoms with Gasteiger partial charge in [-0.25, -0.2) is 0 Å². The first kappa shape index (κ1) is 13.9. The van der Waals surface area contributed by atoms with Gasteiger partial charge in [-0.05, 0) is 31.0 Å². The van der Waals surface area contributed by atoms with Gasteiger partial charge in [-0.1, -0.05) is 12.1 Å². The molecule has 5 nitrogen and oxygen atoms in total. The van der Waals surface area contributed by atoms with Gasteiger partial charge in [0, 0.05) is 12.1 Å². The fourth-order valence-electron chi connectivity index (χ4n) is 1.44. The lowest BCUT2D eigenvalue weighted by atomic mass is 10.1. The molecule has 0 aliphatic heterocycles. The molecule has 1 rings (SSSR count). The van der Waals surface area contributed by atoms with Gasteiger partial charge in [0.15, 0.2) is 0 Å². The molecule has 0 aromatic heterocycles. The quantitative estimate of drug-likeness (QED) is 0.750. The zero-order valence-corrected chi connectivity index (χ0v) is 10.1. The highest BCUT2D eigenvalue weighted by molar-refractivity contribution is 6.03. The number of hydrogen-bond donors (Lipinski definition) is 2. The number of nitrogens with one attached hydrogen (secondary N) is 1. The number of hydrogen-bond acceptors (Lipinski definition) is 3. The number of Topliss-reactive ketones (excluding diaryl/α,β-unsaturated/α-hetero) is 1. The predicted octanol–water partition coefficient (Wildman–Crippen LogP) is 1.62. The van der Waals surface area contributed by atoms with E-state index in [2.05, 4.69) is 5.32 Å². The topological polar surface area (TPSA) is 83.5 Å². The van der Waals surface area contributed by atoms with E-state index in [0.29, 0.717) is 12.1 Å². The smallest absolute Gasteiger partial charge is 0.303 e. The highest BCUT2D eigenvalue weighted by Gasteiger charge is 2.05. The van der Waals surface area contributed by atoms with Gasteiger partial charge in [-0.2, -0.15) is 0 Å². The SMILES string of the molecule is CC(=O)CC(=O)Nc1ccc(CCC(=O)O)cc1. The van der Waals surface area contributed by atoms with Gasteiger partial charge in [0.05, 0.1) is 6.42 Å². The molecule has 0 unspecified atom stereocenters. The summed E-state index contributed by atoms with van der Waals surface area (Å²) in [4.78, 5) is 32.4. The first-order valence-corrected chi connectivity index (χ1v) is 5.57. The lowest BCUT2D eigenvalue weighted by Gasteiger charge is -2.05. The summed E-state index contributed by atoms with van der Waals surface area (Å²) in [5, 5.41) is 11.1. The Bertz CT molecular complexity index is 451. The first-order valence-electron chi connectivity index (χ1n) is 5.57. The first-order chi connectivity index (χ1) is 8.47. The molecule has 1 aromatic carbocycles. The Labute approximate surface area is 105 Å². The summed E-state index contributed by atoms with van der Waals surface area (Å²) in [7, 11) is 0. The van der Waals surface area contributed by atoms with E-state index in [4.69, 9.17) is 5.11 Å². The third kappa shape index (κ3) is 5.25. The molecule has 0 fully saturated rings. The molecule has 0 aliphatic carbocycles. The number of anilines is 1. The van der Waals surface area contributed by atoms with Gasteiger partial charge in [0.25, 0.3) is 0 Å². The Kier molecular flexibility index (Phi) is 5.05. The van der Waals surface area contributed by atoms with Crippen LogP contribution in [0.15, 0.2) is 24.3 Å². The lowest BCUT2D eigenvalue weighted by Crippen LogP contribution is -2.14. The van der Waals surface area contributed by atoms with E-state index in [1.54, 1.807) is 24.3 Å². The maximum atomic E-state index is 11.3. The van der Waals surface area contributed by atoms with Crippen LogP contribution in [0.2, 0.25) is 0 Å². The van der Waals surface area contributed by atoms with Crippen LogP contribution < -0.4 is 5.32 Å². The summed E-state index contributed by atoms with van der Waals surface area (Å²) in [5.74, 6) is -1.37. The molecule has 2 N–H and O–H groups in total. The minimum atomic E-state index is -0.839. The minimum Gasteiger partial charge on any atom is -0.481 e. The lowest BCUT2D eigenvalue weighted by molar-refractivity contribution is -0.137. The van der Waals surface area contributed by atoms with Crippen LogP contribution in [0.5, 0.6) is 0 Å². The molecule has 0 radical (unpaired) electrons. The van der Waals surface area contributed by atoms with E-state index in [9.17, 15) is 14.4 Å². The highest BCUT2D eigenvalue weighted by Crippen LogP contribution is 2.11. The Morgan fingerprint density at radius 2 is 1.78 bits per heavy atom. The minimum absolute atomic E-state index is 0.0794. The van der Waals surface area contributed by atoms with Crippen molar-refractivity contribution in [2.24, 2.45) is 0 Å². The van der Waals surface area contributed by atoms with Crippen molar-refractivity contribution in [2.45, 2.75) is 26.2 Å². The van der Waals surface area contributed by atoms with Gasteiger partial charge in [0.2, 0.25) is 5.91 Å². The van der Waals surface area contributed by atoms with Crippen LogP contribution in [0.1, 0.15) is 25.3 Å². The number of benzene rings is 1. The second-order valence-corrected chi connectivity index (χ2v) is 4.02. The van der Waals surface area contributed by atoms with Gasteiger partial charge in [0.1, 0.15) is 5.78 Å². The average molecular weight is 249 g/mol. The van der Waals surface area contributed by atoms with Crippen molar-refractivity contribution in [3.05, 3.63) is 29.8 Å². The van der Waals surface area contributed by atoms with E-state index in [1.165, 1.54) is 6.92 Å². The summed E-state index contributed by atoms with van der Waals surface area (Å²) in [6.07, 6.45) is 0.397. The molecule has 0 atom stereocenters. The molecular weight excluding hydrogens is 234 g/mol. The van der Waals surface area contributed by atoms with Crippen molar-refractivity contribution >= 4 is 23.3 Å². The molecule has 0 spiro atoms. The van der Waals surface area contributed by atoms with E-state index >= 15 is 0 Å². The summed E-state index contributed by atoms with van der Waals surface area (Å²) in [6.45, 7) is 1.36. The number of amides is 1. The Morgan fingerprint density at radius 3 is 2.28 bits per heavy atom. The van der Waals surface area contributed by atoms with Crippen LogP contribution in [-0.4, -0.2) is 22.8 Å². The van der Waals surface area contributed by atoms with Crippen molar-refractivity contribution in [3.63, 3.8) is 0 Å². The molecule has 0 saturated heterocycles. The molecule has 5 heteroatoms. The van der Waals surface area contributed by atoms with E-state index in [0.717, 1.165) is 5.56 Å². The molecule has 0 heterocycles. The number of ketones is 1. The predicted molar refractivity (Wildman–Crippen MR) is 66.3 cm³/mol. The number of carbonyl (C=O) groups is 3. The summed E-state index contributed by atoms with van der Waals surface area (Å²) in [5.41, 5.74) is 1.49.